The smallest absolute Gasteiger partial charge is 0.0994 e. The minimum absolute atomic E-state index is 0.250. The van der Waals surface area contributed by atoms with Crippen molar-refractivity contribution in [3.63, 3.8) is 0 Å². The second kappa shape index (κ2) is 5.95. The normalized spacial score (nSPS) is 12.9. The number of aromatic nitrogens is 2. The second-order valence-corrected chi connectivity index (χ2v) is 5.78. The van der Waals surface area contributed by atoms with E-state index in [0.29, 0.717) is 22.5 Å². The van der Waals surface area contributed by atoms with Crippen molar-refractivity contribution in [3.8, 4) is 5.69 Å². The maximum atomic E-state index is 6.05. The van der Waals surface area contributed by atoms with Gasteiger partial charge in [-0.25, -0.2) is 4.98 Å². The van der Waals surface area contributed by atoms with Gasteiger partial charge in [-0.3, -0.25) is 0 Å². The van der Waals surface area contributed by atoms with E-state index in [-0.39, 0.29) is 5.92 Å². The van der Waals surface area contributed by atoms with Crippen LogP contribution in [0, 0.1) is 5.92 Å². The van der Waals surface area contributed by atoms with Crippen molar-refractivity contribution in [1.29, 1.82) is 0 Å². The lowest BCUT2D eigenvalue weighted by Crippen LogP contribution is -2.20. The third kappa shape index (κ3) is 3.11. The van der Waals surface area contributed by atoms with Crippen LogP contribution in [0.3, 0.4) is 0 Å². The molecule has 1 aromatic carbocycles. The Morgan fingerprint density at radius 3 is 2.37 bits per heavy atom. The van der Waals surface area contributed by atoms with Crippen molar-refractivity contribution in [1.82, 2.24) is 9.55 Å². The lowest BCUT2D eigenvalue weighted by atomic mass is 9.93. The Kier molecular flexibility index (Phi) is 4.50. The molecule has 0 amide bonds. The molecule has 5 heteroatoms. The first kappa shape index (κ1) is 14.4. The van der Waals surface area contributed by atoms with Gasteiger partial charge in [0.15, 0.2) is 0 Å². The van der Waals surface area contributed by atoms with Gasteiger partial charge in [0.05, 0.1) is 6.33 Å². The second-order valence-electron chi connectivity index (χ2n) is 4.90. The zero-order valence-corrected chi connectivity index (χ0v) is 12.5. The first-order valence-electron chi connectivity index (χ1n) is 6.21. The number of rotatable bonds is 4. The number of nitrogens with two attached hydrogens (primary N) is 1. The van der Waals surface area contributed by atoms with E-state index in [1.807, 2.05) is 22.9 Å². The molecule has 2 aromatic rings. The molecule has 19 heavy (non-hydrogen) atoms. The van der Waals surface area contributed by atoms with E-state index < -0.39 is 0 Å². The standard InChI is InChI=1S/C14H17Cl2N3/c1-9(2)13(6-17)14-7-18-8-19(14)12-4-10(15)3-11(16)5-12/h3-5,7-9,13H,6,17H2,1-2H3. The minimum Gasteiger partial charge on any atom is -0.330 e. The van der Waals surface area contributed by atoms with Gasteiger partial charge in [0.25, 0.3) is 0 Å². The molecule has 1 heterocycles. The number of nitrogens with zero attached hydrogens (tertiary/aromatic N) is 2. The Balaban J connectivity index is 2.49. The molecule has 0 saturated carbocycles. The zero-order chi connectivity index (χ0) is 14.0. The molecule has 102 valence electrons. The summed E-state index contributed by atoms with van der Waals surface area (Å²) in [5, 5.41) is 1.21. The van der Waals surface area contributed by atoms with Crippen molar-refractivity contribution in [3.05, 3.63) is 46.5 Å². The lowest BCUT2D eigenvalue weighted by molar-refractivity contribution is 0.490. The van der Waals surface area contributed by atoms with Crippen LogP contribution in [-0.4, -0.2) is 16.1 Å². The van der Waals surface area contributed by atoms with Crippen molar-refractivity contribution < 1.29 is 0 Å². The molecule has 1 atom stereocenters. The Labute approximate surface area is 123 Å². The van der Waals surface area contributed by atoms with Gasteiger partial charge >= 0.3 is 0 Å². The summed E-state index contributed by atoms with van der Waals surface area (Å²) in [6.07, 6.45) is 3.62. The Morgan fingerprint density at radius 1 is 1.21 bits per heavy atom. The first-order chi connectivity index (χ1) is 9.02. The number of halogens is 2. The van der Waals surface area contributed by atoms with Gasteiger partial charge in [-0.15, -0.1) is 0 Å². The summed E-state index contributed by atoms with van der Waals surface area (Å²) in [7, 11) is 0. The topological polar surface area (TPSA) is 43.8 Å². The van der Waals surface area contributed by atoms with E-state index in [2.05, 4.69) is 18.8 Å². The van der Waals surface area contributed by atoms with Gasteiger partial charge in [0, 0.05) is 40.1 Å². The van der Waals surface area contributed by atoms with Crippen molar-refractivity contribution >= 4 is 23.2 Å². The summed E-state index contributed by atoms with van der Waals surface area (Å²) in [6, 6.07) is 5.45. The maximum absolute atomic E-state index is 6.05. The Bertz CT molecular complexity index is 543. The maximum Gasteiger partial charge on any atom is 0.0994 e. The molecule has 0 aliphatic heterocycles. The average molecular weight is 298 g/mol. The molecular formula is C14H17Cl2N3. The number of imidazole rings is 1. The predicted molar refractivity (Wildman–Crippen MR) is 80.2 cm³/mol. The van der Waals surface area contributed by atoms with E-state index in [0.717, 1.165) is 11.4 Å². The van der Waals surface area contributed by atoms with Gasteiger partial charge in [0.2, 0.25) is 0 Å². The monoisotopic (exact) mass is 297 g/mol. The van der Waals surface area contributed by atoms with Crippen LogP contribution in [-0.2, 0) is 0 Å². The third-order valence-electron chi connectivity index (χ3n) is 3.23. The molecule has 2 N–H and O–H groups in total. The van der Waals surface area contributed by atoms with Crippen LogP contribution in [0.4, 0.5) is 0 Å². The highest BCUT2D eigenvalue weighted by Crippen LogP contribution is 2.28. The van der Waals surface area contributed by atoms with E-state index in [9.17, 15) is 0 Å². The third-order valence-corrected chi connectivity index (χ3v) is 3.67. The summed E-state index contributed by atoms with van der Waals surface area (Å²) in [5.41, 5.74) is 7.86. The molecule has 0 spiro atoms. The molecule has 0 fully saturated rings. The Morgan fingerprint density at radius 2 is 1.84 bits per heavy atom. The van der Waals surface area contributed by atoms with Crippen molar-refractivity contribution in [2.24, 2.45) is 11.7 Å². The fraction of sp³-hybridized carbons (Fsp3) is 0.357. The van der Waals surface area contributed by atoms with Gasteiger partial charge in [0.1, 0.15) is 0 Å². The van der Waals surface area contributed by atoms with Crippen LogP contribution in [0.25, 0.3) is 5.69 Å². The molecule has 0 saturated heterocycles. The van der Waals surface area contributed by atoms with Crippen LogP contribution in [0.5, 0.6) is 0 Å². The molecule has 0 bridgehead atoms. The summed E-state index contributed by atoms with van der Waals surface area (Å²) >= 11 is 12.1. The molecule has 1 aromatic heterocycles. The number of benzene rings is 1. The molecule has 0 radical (unpaired) electrons. The van der Waals surface area contributed by atoms with Crippen LogP contribution in [0.2, 0.25) is 10.0 Å². The average Bonchev–Trinajstić information content (AvgIpc) is 2.77. The lowest BCUT2D eigenvalue weighted by Gasteiger charge is -2.20. The molecule has 0 aliphatic rings. The molecule has 3 nitrogen and oxygen atoms in total. The van der Waals surface area contributed by atoms with Gasteiger partial charge in [-0.05, 0) is 24.1 Å². The highest BCUT2D eigenvalue weighted by Gasteiger charge is 2.19. The molecule has 0 aliphatic carbocycles. The predicted octanol–water partition coefficient (Wildman–Crippen LogP) is 3.88. The van der Waals surface area contributed by atoms with Gasteiger partial charge in [-0.2, -0.15) is 0 Å². The summed E-state index contributed by atoms with van der Waals surface area (Å²) in [6.45, 7) is 4.89. The van der Waals surface area contributed by atoms with E-state index in [1.165, 1.54) is 0 Å². The first-order valence-corrected chi connectivity index (χ1v) is 6.97. The quantitative estimate of drug-likeness (QED) is 0.931. The molecular weight excluding hydrogens is 281 g/mol. The summed E-state index contributed by atoms with van der Waals surface area (Å²) in [4.78, 5) is 4.23. The van der Waals surface area contributed by atoms with Crippen LogP contribution in [0.1, 0.15) is 25.5 Å². The molecule has 1 unspecified atom stereocenters. The summed E-state index contributed by atoms with van der Waals surface area (Å²) in [5.74, 6) is 0.690. The molecule has 2 rings (SSSR count). The largest absolute Gasteiger partial charge is 0.330 e. The van der Waals surface area contributed by atoms with Crippen molar-refractivity contribution in [2.45, 2.75) is 19.8 Å². The van der Waals surface area contributed by atoms with Crippen LogP contribution < -0.4 is 5.73 Å². The van der Waals surface area contributed by atoms with E-state index in [1.54, 1.807) is 12.4 Å². The van der Waals surface area contributed by atoms with Gasteiger partial charge in [-0.1, -0.05) is 37.0 Å². The highest BCUT2D eigenvalue weighted by molar-refractivity contribution is 6.34. The van der Waals surface area contributed by atoms with E-state index in [4.69, 9.17) is 28.9 Å². The zero-order valence-electron chi connectivity index (χ0n) is 11.0. The van der Waals surface area contributed by atoms with Crippen LogP contribution in [0.15, 0.2) is 30.7 Å². The number of hydrogen-bond donors (Lipinski definition) is 1. The fourth-order valence-corrected chi connectivity index (χ4v) is 2.72. The van der Waals surface area contributed by atoms with Crippen molar-refractivity contribution in [2.75, 3.05) is 6.54 Å². The minimum atomic E-state index is 0.250. The fourth-order valence-electron chi connectivity index (χ4n) is 2.21. The SMILES string of the molecule is CC(C)C(CN)c1cncn1-c1cc(Cl)cc(Cl)c1. The van der Waals surface area contributed by atoms with Gasteiger partial charge < -0.3 is 10.3 Å². The summed E-state index contributed by atoms with van der Waals surface area (Å²) < 4.78 is 2.00. The van der Waals surface area contributed by atoms with Crippen LogP contribution >= 0.6 is 23.2 Å². The highest BCUT2D eigenvalue weighted by atomic mass is 35.5. The Hall–Kier alpha value is -1.03. The number of hydrogen-bond acceptors (Lipinski definition) is 2. The van der Waals surface area contributed by atoms with E-state index >= 15 is 0 Å².